The lowest BCUT2D eigenvalue weighted by atomic mass is 10.1. The van der Waals surface area contributed by atoms with Crippen LogP contribution in [-0.4, -0.2) is 17.0 Å². The second-order valence-corrected chi connectivity index (χ2v) is 7.62. The Morgan fingerprint density at radius 1 is 1.09 bits per heavy atom. The van der Waals surface area contributed by atoms with Crippen LogP contribution < -0.4 is 10.2 Å². The summed E-state index contributed by atoms with van der Waals surface area (Å²) in [6.45, 7) is -0.0262. The van der Waals surface area contributed by atoms with E-state index in [0.29, 0.717) is 17.2 Å². The van der Waals surface area contributed by atoms with Gasteiger partial charge in [0.15, 0.2) is 5.75 Å². The Balaban J connectivity index is 1.66. The van der Waals surface area contributed by atoms with Crippen molar-refractivity contribution in [2.45, 2.75) is 12.8 Å². The summed E-state index contributed by atoms with van der Waals surface area (Å²) in [5, 5.41) is 14.8. The molecule has 7 nitrogen and oxygen atoms in total. The summed E-state index contributed by atoms with van der Waals surface area (Å²) in [7, 11) is 0. The molecular weight excluding hydrogens is 498 g/mol. The van der Waals surface area contributed by atoms with Crippen molar-refractivity contribution >= 4 is 41.0 Å². The van der Waals surface area contributed by atoms with E-state index >= 15 is 0 Å². The smallest absolute Gasteiger partial charge is 0.416 e. The van der Waals surface area contributed by atoms with Crippen LogP contribution in [0.4, 0.5) is 18.9 Å². The number of nitrogens with one attached hydrogen (secondary N) is 1. The highest BCUT2D eigenvalue weighted by atomic mass is 35.5. The number of non-ortho nitro benzene ring substituents is 1. The number of amides is 1. The Bertz CT molecular complexity index is 1240. The first-order valence-electron chi connectivity index (χ1n) is 9.40. The minimum atomic E-state index is -4.58. The average molecular weight is 512 g/mol. The van der Waals surface area contributed by atoms with E-state index in [1.54, 1.807) is 6.07 Å². The highest BCUT2D eigenvalue weighted by Gasteiger charge is 2.30. The second kappa shape index (κ2) is 10.5. The minimum absolute atomic E-state index is 0.0262. The number of hydrogen-bond acceptors (Lipinski definition) is 5. The standard InChI is InChI=1S/C22H14Cl2F3N3O4/c23-18-8-14(11-28-29-21(31)15-4-2-5-16(10-15)22(25,26)27)9-19(24)20(18)34-12-13-3-1-6-17(7-13)30(32)33/h1-11H,12H2,(H,29,31)/b28-11-. The van der Waals surface area contributed by atoms with E-state index in [4.69, 9.17) is 27.9 Å². The summed E-state index contributed by atoms with van der Waals surface area (Å²) in [6.07, 6.45) is -3.38. The first kappa shape index (κ1) is 25.0. The number of rotatable bonds is 7. The van der Waals surface area contributed by atoms with E-state index in [2.05, 4.69) is 10.5 Å². The Hall–Kier alpha value is -3.63. The maximum atomic E-state index is 12.8. The molecule has 0 aromatic heterocycles. The van der Waals surface area contributed by atoms with E-state index < -0.39 is 22.6 Å². The monoisotopic (exact) mass is 511 g/mol. The molecule has 0 spiro atoms. The molecule has 12 heteroatoms. The summed E-state index contributed by atoms with van der Waals surface area (Å²) >= 11 is 12.4. The number of hydrogen-bond donors (Lipinski definition) is 1. The van der Waals surface area contributed by atoms with Gasteiger partial charge in [-0.2, -0.15) is 18.3 Å². The van der Waals surface area contributed by atoms with Crippen molar-refractivity contribution in [3.05, 3.63) is 103 Å². The summed E-state index contributed by atoms with van der Waals surface area (Å²) < 4.78 is 44.0. The normalized spacial score (nSPS) is 11.4. The van der Waals surface area contributed by atoms with Crippen molar-refractivity contribution in [3.63, 3.8) is 0 Å². The molecular formula is C22H14Cl2F3N3O4. The molecule has 0 bridgehead atoms. The van der Waals surface area contributed by atoms with E-state index in [0.717, 1.165) is 12.1 Å². The number of ether oxygens (including phenoxy) is 1. The first-order valence-corrected chi connectivity index (χ1v) is 10.2. The van der Waals surface area contributed by atoms with Gasteiger partial charge in [0.05, 0.1) is 26.7 Å². The zero-order valence-corrected chi connectivity index (χ0v) is 18.5. The van der Waals surface area contributed by atoms with Gasteiger partial charge in [-0.1, -0.05) is 41.4 Å². The molecule has 0 unspecified atom stereocenters. The van der Waals surface area contributed by atoms with Crippen molar-refractivity contribution in [3.8, 4) is 5.75 Å². The van der Waals surface area contributed by atoms with Gasteiger partial charge < -0.3 is 4.74 Å². The number of nitrogens with zero attached hydrogens (tertiary/aromatic N) is 2. The molecule has 0 atom stereocenters. The molecule has 0 fully saturated rings. The molecule has 0 aliphatic carbocycles. The number of hydrazone groups is 1. The molecule has 3 aromatic rings. The van der Waals surface area contributed by atoms with E-state index in [1.165, 1.54) is 42.6 Å². The second-order valence-electron chi connectivity index (χ2n) is 6.81. The van der Waals surface area contributed by atoms with Gasteiger partial charge >= 0.3 is 6.18 Å². The summed E-state index contributed by atoms with van der Waals surface area (Å²) in [5.74, 6) is -0.698. The quantitative estimate of drug-likeness (QED) is 0.230. The van der Waals surface area contributed by atoms with E-state index in [-0.39, 0.29) is 33.7 Å². The highest BCUT2D eigenvalue weighted by Crippen LogP contribution is 2.34. The van der Waals surface area contributed by atoms with Gasteiger partial charge in [0.2, 0.25) is 0 Å². The van der Waals surface area contributed by atoms with E-state index in [1.807, 2.05) is 0 Å². The number of halogens is 5. The maximum Gasteiger partial charge on any atom is 0.416 e. The molecule has 3 aromatic carbocycles. The first-order chi connectivity index (χ1) is 16.0. The Morgan fingerprint density at radius 2 is 1.76 bits per heavy atom. The van der Waals surface area contributed by atoms with Gasteiger partial charge in [-0.15, -0.1) is 0 Å². The van der Waals surface area contributed by atoms with Crippen molar-refractivity contribution in [2.24, 2.45) is 5.10 Å². The molecule has 3 rings (SSSR count). The average Bonchev–Trinajstić information content (AvgIpc) is 2.78. The van der Waals surface area contributed by atoms with Gasteiger partial charge in [-0.05, 0) is 41.5 Å². The number of nitro groups is 1. The van der Waals surface area contributed by atoms with Crippen LogP contribution in [0, 0.1) is 10.1 Å². The van der Waals surface area contributed by atoms with Gasteiger partial charge in [-0.25, -0.2) is 5.43 Å². The fraction of sp³-hybridized carbons (Fsp3) is 0.0909. The number of alkyl halides is 3. The van der Waals surface area contributed by atoms with Crippen molar-refractivity contribution in [1.29, 1.82) is 0 Å². The molecule has 0 radical (unpaired) electrons. The van der Waals surface area contributed by atoms with Gasteiger partial charge in [0.25, 0.3) is 11.6 Å². The summed E-state index contributed by atoms with van der Waals surface area (Å²) in [6, 6.07) is 12.7. The van der Waals surface area contributed by atoms with Crippen LogP contribution in [0.3, 0.4) is 0 Å². The van der Waals surface area contributed by atoms with Crippen LogP contribution in [0.25, 0.3) is 0 Å². The summed E-state index contributed by atoms with van der Waals surface area (Å²) in [4.78, 5) is 22.4. The molecule has 0 saturated heterocycles. The fourth-order valence-electron chi connectivity index (χ4n) is 2.77. The predicted molar refractivity (Wildman–Crippen MR) is 120 cm³/mol. The minimum Gasteiger partial charge on any atom is -0.486 e. The van der Waals surface area contributed by atoms with Gasteiger partial charge in [0, 0.05) is 17.7 Å². The molecule has 0 heterocycles. The van der Waals surface area contributed by atoms with Crippen molar-refractivity contribution in [2.75, 3.05) is 0 Å². The van der Waals surface area contributed by atoms with Crippen molar-refractivity contribution in [1.82, 2.24) is 5.43 Å². The third-order valence-electron chi connectivity index (χ3n) is 4.36. The van der Waals surface area contributed by atoms with Crippen LogP contribution in [0.2, 0.25) is 10.0 Å². The van der Waals surface area contributed by atoms with Crippen LogP contribution in [0.1, 0.15) is 27.0 Å². The highest BCUT2D eigenvalue weighted by molar-refractivity contribution is 6.37. The molecule has 0 aliphatic heterocycles. The van der Waals surface area contributed by atoms with Crippen LogP contribution in [0.5, 0.6) is 5.75 Å². The van der Waals surface area contributed by atoms with Crippen LogP contribution >= 0.6 is 23.2 Å². The molecule has 1 amide bonds. The van der Waals surface area contributed by atoms with Crippen LogP contribution in [-0.2, 0) is 12.8 Å². The molecule has 176 valence electrons. The largest absolute Gasteiger partial charge is 0.486 e. The molecule has 0 aliphatic rings. The Morgan fingerprint density at radius 3 is 2.41 bits per heavy atom. The van der Waals surface area contributed by atoms with E-state index in [9.17, 15) is 28.1 Å². The molecule has 1 N–H and O–H groups in total. The number of carbonyl (C=O) groups is 1. The number of nitro benzene ring substituents is 1. The SMILES string of the molecule is O=C(N/N=C\c1cc(Cl)c(OCc2cccc([N+](=O)[O-])c2)c(Cl)c1)c1cccc(C(F)(F)F)c1. The Kier molecular flexibility index (Phi) is 7.75. The summed E-state index contributed by atoms with van der Waals surface area (Å²) in [5.41, 5.74) is 1.78. The topological polar surface area (TPSA) is 93.8 Å². The van der Waals surface area contributed by atoms with Gasteiger partial charge in [0.1, 0.15) is 6.61 Å². The molecule has 34 heavy (non-hydrogen) atoms. The third-order valence-corrected chi connectivity index (χ3v) is 4.92. The Labute approximate surface area is 200 Å². The lowest BCUT2D eigenvalue weighted by Crippen LogP contribution is -2.18. The van der Waals surface area contributed by atoms with Crippen molar-refractivity contribution < 1.29 is 27.6 Å². The predicted octanol–water partition coefficient (Wildman–Crippen LogP) is 6.26. The zero-order valence-electron chi connectivity index (χ0n) is 17.0. The molecule has 0 saturated carbocycles. The fourth-order valence-corrected chi connectivity index (χ4v) is 3.39. The van der Waals surface area contributed by atoms with Gasteiger partial charge in [-0.3, -0.25) is 14.9 Å². The maximum absolute atomic E-state index is 12.8. The van der Waals surface area contributed by atoms with Crippen LogP contribution in [0.15, 0.2) is 65.8 Å². The number of benzene rings is 3. The number of carbonyl (C=O) groups excluding carboxylic acids is 1. The third kappa shape index (κ3) is 6.46. The lowest BCUT2D eigenvalue weighted by Gasteiger charge is -2.11. The zero-order chi connectivity index (χ0) is 24.9. The lowest BCUT2D eigenvalue weighted by molar-refractivity contribution is -0.384.